The van der Waals surface area contributed by atoms with Crippen molar-refractivity contribution in [1.82, 2.24) is 4.90 Å². The highest BCUT2D eigenvalue weighted by molar-refractivity contribution is 5.82. The van der Waals surface area contributed by atoms with Crippen LogP contribution in [0.2, 0.25) is 0 Å². The van der Waals surface area contributed by atoms with E-state index in [-0.39, 0.29) is 0 Å². The zero-order chi connectivity index (χ0) is 9.14. The van der Waals surface area contributed by atoms with E-state index in [0.717, 1.165) is 25.9 Å². The van der Waals surface area contributed by atoms with Gasteiger partial charge in [0.05, 0.1) is 0 Å². The first kappa shape index (κ1) is 9.72. The Morgan fingerprint density at radius 3 is 2.83 bits per heavy atom. The molecule has 0 spiro atoms. The number of carbonyl (C=O) groups excluding carboxylic acids is 1. The molecule has 0 aliphatic carbocycles. The lowest BCUT2D eigenvalue weighted by molar-refractivity contribution is -0.126. The second-order valence-electron chi connectivity index (χ2n) is 4.31. The van der Waals surface area contributed by atoms with E-state index >= 15 is 0 Å². The Balaban J connectivity index is 2.43. The van der Waals surface area contributed by atoms with Gasteiger partial charge in [0.2, 0.25) is 0 Å². The summed E-state index contributed by atoms with van der Waals surface area (Å²) in [5.74, 6) is 1.43. The quantitative estimate of drug-likeness (QED) is 0.625. The lowest BCUT2D eigenvalue weighted by Gasteiger charge is -2.29. The van der Waals surface area contributed by atoms with E-state index in [2.05, 4.69) is 25.8 Å². The molecule has 0 aromatic rings. The van der Waals surface area contributed by atoms with Crippen molar-refractivity contribution in [2.75, 3.05) is 20.1 Å². The topological polar surface area (TPSA) is 20.3 Å². The van der Waals surface area contributed by atoms with E-state index in [1.807, 2.05) is 0 Å². The van der Waals surface area contributed by atoms with Gasteiger partial charge in [0.25, 0.3) is 0 Å². The van der Waals surface area contributed by atoms with Crippen molar-refractivity contribution in [3.63, 3.8) is 0 Å². The van der Waals surface area contributed by atoms with Crippen molar-refractivity contribution in [2.24, 2.45) is 11.8 Å². The molecular formula is C10H19NO. The van der Waals surface area contributed by atoms with Gasteiger partial charge in [-0.25, -0.2) is 0 Å². The molecule has 0 amide bonds. The largest absolute Gasteiger partial charge is 0.305 e. The van der Waals surface area contributed by atoms with Crippen molar-refractivity contribution < 1.29 is 4.79 Å². The van der Waals surface area contributed by atoms with E-state index in [4.69, 9.17) is 0 Å². The highest BCUT2D eigenvalue weighted by atomic mass is 16.1. The van der Waals surface area contributed by atoms with Gasteiger partial charge in [-0.05, 0) is 19.4 Å². The Hall–Kier alpha value is -0.370. The Morgan fingerprint density at radius 1 is 1.58 bits per heavy atom. The molecule has 0 aromatic carbocycles. The van der Waals surface area contributed by atoms with Crippen LogP contribution in [0.5, 0.6) is 0 Å². The Labute approximate surface area is 74.9 Å². The van der Waals surface area contributed by atoms with Crippen molar-refractivity contribution in [3.8, 4) is 0 Å². The minimum absolute atomic E-state index is 0.309. The van der Waals surface area contributed by atoms with Crippen molar-refractivity contribution in [2.45, 2.75) is 26.7 Å². The van der Waals surface area contributed by atoms with Crippen LogP contribution in [0.15, 0.2) is 0 Å². The summed E-state index contributed by atoms with van der Waals surface area (Å²) in [6, 6.07) is 0. The van der Waals surface area contributed by atoms with E-state index in [0.29, 0.717) is 17.6 Å². The number of Topliss-reactive ketones (excluding diaryl/α,β-unsaturated/α-hetero) is 1. The molecule has 1 unspecified atom stereocenters. The standard InChI is InChI=1S/C10H19NO/c1-8(2)6-9-7-11(3)5-4-10(9)12/h8-9H,4-7H2,1-3H3. The molecule has 0 saturated carbocycles. The van der Waals surface area contributed by atoms with Gasteiger partial charge in [-0.15, -0.1) is 0 Å². The van der Waals surface area contributed by atoms with Crippen molar-refractivity contribution >= 4 is 5.78 Å². The first-order chi connectivity index (χ1) is 5.59. The number of hydrogen-bond acceptors (Lipinski definition) is 2. The summed E-state index contributed by atoms with van der Waals surface area (Å²) in [6.45, 7) is 6.29. The van der Waals surface area contributed by atoms with Crippen LogP contribution >= 0.6 is 0 Å². The van der Waals surface area contributed by atoms with Gasteiger partial charge in [0.15, 0.2) is 0 Å². The zero-order valence-corrected chi connectivity index (χ0v) is 8.34. The van der Waals surface area contributed by atoms with E-state index < -0.39 is 0 Å². The Morgan fingerprint density at radius 2 is 2.25 bits per heavy atom. The fourth-order valence-corrected chi connectivity index (χ4v) is 1.85. The molecule has 1 aliphatic rings. The second-order valence-corrected chi connectivity index (χ2v) is 4.31. The molecule has 2 heteroatoms. The highest BCUT2D eigenvalue weighted by Gasteiger charge is 2.25. The fraction of sp³-hybridized carbons (Fsp3) is 0.900. The van der Waals surface area contributed by atoms with Crippen molar-refractivity contribution in [1.29, 1.82) is 0 Å². The van der Waals surface area contributed by atoms with Gasteiger partial charge in [0, 0.05) is 25.4 Å². The van der Waals surface area contributed by atoms with Gasteiger partial charge < -0.3 is 4.90 Å². The highest BCUT2D eigenvalue weighted by Crippen LogP contribution is 2.19. The average Bonchev–Trinajstić information content (AvgIpc) is 1.96. The third-order valence-electron chi connectivity index (χ3n) is 2.48. The minimum atomic E-state index is 0.309. The Kier molecular flexibility index (Phi) is 3.27. The summed E-state index contributed by atoms with van der Waals surface area (Å²) in [5, 5.41) is 0. The molecule has 1 fully saturated rings. The van der Waals surface area contributed by atoms with Crippen LogP contribution < -0.4 is 0 Å². The summed E-state index contributed by atoms with van der Waals surface area (Å²) in [4.78, 5) is 13.7. The summed E-state index contributed by atoms with van der Waals surface area (Å²) >= 11 is 0. The van der Waals surface area contributed by atoms with Gasteiger partial charge in [-0.3, -0.25) is 4.79 Å². The number of nitrogens with zero attached hydrogens (tertiary/aromatic N) is 1. The number of carbonyl (C=O) groups is 1. The molecule has 0 aromatic heterocycles. The second kappa shape index (κ2) is 4.04. The van der Waals surface area contributed by atoms with E-state index in [1.165, 1.54) is 0 Å². The molecule has 2 nitrogen and oxygen atoms in total. The van der Waals surface area contributed by atoms with Crippen LogP contribution in [0.1, 0.15) is 26.7 Å². The summed E-state index contributed by atoms with van der Waals surface area (Å²) < 4.78 is 0. The molecule has 70 valence electrons. The van der Waals surface area contributed by atoms with E-state index in [9.17, 15) is 4.79 Å². The van der Waals surface area contributed by atoms with Crippen molar-refractivity contribution in [3.05, 3.63) is 0 Å². The third-order valence-corrected chi connectivity index (χ3v) is 2.48. The predicted molar refractivity (Wildman–Crippen MR) is 50.1 cm³/mol. The molecule has 12 heavy (non-hydrogen) atoms. The van der Waals surface area contributed by atoms with Crippen LogP contribution in [0, 0.1) is 11.8 Å². The van der Waals surface area contributed by atoms with Crippen LogP contribution in [0.3, 0.4) is 0 Å². The number of ketones is 1. The summed E-state index contributed by atoms with van der Waals surface area (Å²) in [7, 11) is 2.10. The Bertz CT molecular complexity index is 163. The molecule has 1 aliphatic heterocycles. The molecular weight excluding hydrogens is 150 g/mol. The number of hydrogen-bond donors (Lipinski definition) is 0. The van der Waals surface area contributed by atoms with Crippen LogP contribution in [-0.2, 0) is 4.79 Å². The maximum absolute atomic E-state index is 11.4. The normalized spacial score (nSPS) is 26.7. The number of rotatable bonds is 2. The monoisotopic (exact) mass is 169 g/mol. The van der Waals surface area contributed by atoms with Gasteiger partial charge >= 0.3 is 0 Å². The maximum Gasteiger partial charge on any atom is 0.138 e. The molecule has 1 saturated heterocycles. The van der Waals surface area contributed by atoms with E-state index in [1.54, 1.807) is 0 Å². The molecule has 1 rings (SSSR count). The van der Waals surface area contributed by atoms with Crippen LogP contribution in [-0.4, -0.2) is 30.8 Å². The predicted octanol–water partition coefficient (Wildman–Crippen LogP) is 1.55. The molecule has 0 N–H and O–H groups in total. The summed E-state index contributed by atoms with van der Waals surface area (Å²) in [5.41, 5.74) is 0. The van der Waals surface area contributed by atoms with Gasteiger partial charge in [0.1, 0.15) is 5.78 Å². The lowest BCUT2D eigenvalue weighted by atomic mass is 9.89. The number of likely N-dealkylation sites (tertiary alicyclic amines) is 1. The molecule has 1 atom stereocenters. The molecule has 0 bridgehead atoms. The summed E-state index contributed by atoms with van der Waals surface area (Å²) in [6.07, 6.45) is 1.82. The van der Waals surface area contributed by atoms with Gasteiger partial charge in [-0.2, -0.15) is 0 Å². The van der Waals surface area contributed by atoms with Crippen LogP contribution in [0.4, 0.5) is 0 Å². The average molecular weight is 169 g/mol. The molecule has 0 radical (unpaired) electrons. The van der Waals surface area contributed by atoms with Gasteiger partial charge in [-0.1, -0.05) is 13.8 Å². The lowest BCUT2D eigenvalue weighted by Crippen LogP contribution is -2.38. The van der Waals surface area contributed by atoms with Crippen LogP contribution in [0.25, 0.3) is 0 Å². The number of piperidine rings is 1. The fourth-order valence-electron chi connectivity index (χ4n) is 1.85. The first-order valence-corrected chi connectivity index (χ1v) is 4.81. The third kappa shape index (κ3) is 2.59. The minimum Gasteiger partial charge on any atom is -0.305 e. The maximum atomic E-state index is 11.4. The SMILES string of the molecule is CC(C)CC1CN(C)CCC1=O. The first-order valence-electron chi connectivity index (χ1n) is 4.81. The zero-order valence-electron chi connectivity index (χ0n) is 8.34. The smallest absolute Gasteiger partial charge is 0.138 e. The molecule has 1 heterocycles.